The molecule has 2 rings (SSSR count). The molecule has 2 N–H and O–H groups in total. The molecular formula is C15H16N2O5. The van der Waals surface area contributed by atoms with Crippen LogP contribution in [0.5, 0.6) is 23.0 Å². The van der Waals surface area contributed by atoms with Gasteiger partial charge in [-0.15, -0.1) is 0 Å². The molecule has 0 unspecified atom stereocenters. The van der Waals surface area contributed by atoms with Crippen LogP contribution in [0.15, 0.2) is 30.5 Å². The van der Waals surface area contributed by atoms with E-state index in [0.29, 0.717) is 17.2 Å². The molecule has 1 amide bonds. The summed E-state index contributed by atoms with van der Waals surface area (Å²) < 4.78 is 15.6. The fourth-order valence-electron chi connectivity index (χ4n) is 1.89. The number of aromatic nitrogens is 1. The lowest BCUT2D eigenvalue weighted by Crippen LogP contribution is -2.13. The maximum atomic E-state index is 12.3. The first-order valence-corrected chi connectivity index (χ1v) is 6.36. The number of benzene rings is 1. The van der Waals surface area contributed by atoms with Crippen LogP contribution in [0.3, 0.4) is 0 Å². The van der Waals surface area contributed by atoms with Gasteiger partial charge in [0, 0.05) is 11.8 Å². The Labute approximate surface area is 127 Å². The minimum absolute atomic E-state index is 0.0706. The lowest BCUT2D eigenvalue weighted by Gasteiger charge is -2.14. The van der Waals surface area contributed by atoms with Gasteiger partial charge in [0.2, 0.25) is 5.75 Å². The van der Waals surface area contributed by atoms with Crippen LogP contribution in [-0.4, -0.2) is 37.3 Å². The number of hydrogen-bond donors (Lipinski definition) is 2. The molecule has 0 atom stereocenters. The second kappa shape index (κ2) is 6.66. The average Bonchev–Trinajstić information content (AvgIpc) is 2.55. The van der Waals surface area contributed by atoms with Gasteiger partial charge in [-0.05, 0) is 24.3 Å². The molecule has 2 aromatic rings. The second-order valence-corrected chi connectivity index (χ2v) is 4.24. The molecule has 0 saturated carbocycles. The Bertz CT molecular complexity index is 662. The summed E-state index contributed by atoms with van der Waals surface area (Å²) in [5.41, 5.74) is 0.277. The summed E-state index contributed by atoms with van der Waals surface area (Å²) in [6.07, 6.45) is 1.46. The number of amides is 1. The summed E-state index contributed by atoms with van der Waals surface area (Å²) in [6, 6.07) is 6.01. The number of anilines is 1. The Morgan fingerprint density at radius 1 is 1.14 bits per heavy atom. The molecule has 0 spiro atoms. The summed E-state index contributed by atoms with van der Waals surface area (Å²) >= 11 is 0. The first kappa shape index (κ1) is 15.4. The number of methoxy groups -OCH3 is 3. The second-order valence-electron chi connectivity index (χ2n) is 4.24. The van der Waals surface area contributed by atoms with Gasteiger partial charge in [0.05, 0.1) is 21.3 Å². The third kappa shape index (κ3) is 3.03. The number of ether oxygens (including phenoxy) is 3. The summed E-state index contributed by atoms with van der Waals surface area (Å²) in [7, 11) is 4.40. The number of carbonyl (C=O) groups excluding carboxylic acids is 1. The van der Waals surface area contributed by atoms with Crippen molar-refractivity contribution in [1.82, 2.24) is 4.98 Å². The van der Waals surface area contributed by atoms with E-state index in [1.165, 1.54) is 45.7 Å². The number of pyridine rings is 1. The van der Waals surface area contributed by atoms with Crippen LogP contribution in [0.2, 0.25) is 0 Å². The van der Waals surface area contributed by atoms with Gasteiger partial charge in [-0.2, -0.15) is 0 Å². The van der Waals surface area contributed by atoms with Gasteiger partial charge in [-0.25, -0.2) is 4.98 Å². The van der Waals surface area contributed by atoms with E-state index in [1.54, 1.807) is 6.07 Å². The molecule has 0 aliphatic carbocycles. The largest absolute Gasteiger partial charge is 0.504 e. The summed E-state index contributed by atoms with van der Waals surface area (Å²) in [5.74, 6) is 0.592. The summed E-state index contributed by atoms with van der Waals surface area (Å²) in [4.78, 5) is 16.2. The smallest absolute Gasteiger partial charge is 0.257 e. The molecule has 0 bridgehead atoms. The highest BCUT2D eigenvalue weighted by Crippen LogP contribution is 2.38. The van der Waals surface area contributed by atoms with Crippen LogP contribution < -0.4 is 19.5 Å². The van der Waals surface area contributed by atoms with Crippen LogP contribution in [0.4, 0.5) is 5.82 Å². The quantitative estimate of drug-likeness (QED) is 0.879. The highest BCUT2D eigenvalue weighted by atomic mass is 16.5. The number of carbonyl (C=O) groups is 1. The van der Waals surface area contributed by atoms with E-state index in [-0.39, 0.29) is 17.1 Å². The molecule has 0 aliphatic rings. The van der Waals surface area contributed by atoms with E-state index >= 15 is 0 Å². The predicted octanol–water partition coefficient (Wildman–Crippen LogP) is 2.07. The van der Waals surface area contributed by atoms with Gasteiger partial charge < -0.3 is 24.6 Å². The zero-order valence-corrected chi connectivity index (χ0v) is 12.4. The van der Waals surface area contributed by atoms with Crippen molar-refractivity contribution in [2.45, 2.75) is 0 Å². The van der Waals surface area contributed by atoms with Crippen molar-refractivity contribution in [2.75, 3.05) is 26.6 Å². The fourth-order valence-corrected chi connectivity index (χ4v) is 1.89. The Balaban J connectivity index is 2.36. The number of nitrogens with zero attached hydrogens (tertiary/aromatic N) is 1. The Kier molecular flexibility index (Phi) is 4.67. The third-order valence-corrected chi connectivity index (χ3v) is 2.95. The van der Waals surface area contributed by atoms with Crippen LogP contribution >= 0.6 is 0 Å². The van der Waals surface area contributed by atoms with E-state index in [2.05, 4.69) is 10.3 Å². The highest BCUT2D eigenvalue weighted by Gasteiger charge is 2.18. The average molecular weight is 304 g/mol. The SMILES string of the molecule is COc1cc(C(=O)Nc2ncccc2O)cc(OC)c1OC. The van der Waals surface area contributed by atoms with Crippen molar-refractivity contribution in [2.24, 2.45) is 0 Å². The molecule has 0 aliphatic heterocycles. The van der Waals surface area contributed by atoms with E-state index in [0.717, 1.165) is 0 Å². The molecule has 0 saturated heterocycles. The topological polar surface area (TPSA) is 89.9 Å². The Morgan fingerprint density at radius 3 is 2.27 bits per heavy atom. The Hall–Kier alpha value is -2.96. The molecule has 7 heteroatoms. The maximum absolute atomic E-state index is 12.3. The van der Waals surface area contributed by atoms with Crippen LogP contribution in [0, 0.1) is 0 Å². The highest BCUT2D eigenvalue weighted by molar-refractivity contribution is 6.05. The summed E-state index contributed by atoms with van der Waals surface area (Å²) in [5, 5.41) is 12.2. The normalized spacial score (nSPS) is 9.95. The van der Waals surface area contributed by atoms with Gasteiger partial charge >= 0.3 is 0 Å². The lowest BCUT2D eigenvalue weighted by molar-refractivity contribution is 0.102. The number of aromatic hydroxyl groups is 1. The van der Waals surface area contributed by atoms with Crippen molar-refractivity contribution in [3.8, 4) is 23.0 Å². The minimum atomic E-state index is -0.465. The molecule has 7 nitrogen and oxygen atoms in total. The van der Waals surface area contributed by atoms with Crippen molar-refractivity contribution >= 4 is 11.7 Å². The first-order chi connectivity index (χ1) is 10.6. The van der Waals surface area contributed by atoms with Crippen LogP contribution in [-0.2, 0) is 0 Å². The van der Waals surface area contributed by atoms with Gasteiger partial charge in [0.15, 0.2) is 23.1 Å². The lowest BCUT2D eigenvalue weighted by atomic mass is 10.1. The standard InChI is InChI=1S/C15H16N2O5/c1-20-11-7-9(8-12(21-2)13(11)22-3)15(19)17-14-10(18)5-4-6-16-14/h4-8,18H,1-3H3,(H,16,17,19). The van der Waals surface area contributed by atoms with E-state index in [4.69, 9.17) is 14.2 Å². The van der Waals surface area contributed by atoms with Gasteiger partial charge in [0.25, 0.3) is 5.91 Å². The zero-order chi connectivity index (χ0) is 16.1. The van der Waals surface area contributed by atoms with E-state index in [9.17, 15) is 9.90 Å². The number of hydrogen-bond acceptors (Lipinski definition) is 6. The number of nitrogens with one attached hydrogen (secondary N) is 1. The number of rotatable bonds is 5. The van der Waals surface area contributed by atoms with Gasteiger partial charge in [-0.3, -0.25) is 4.79 Å². The van der Waals surface area contributed by atoms with Gasteiger partial charge in [0.1, 0.15) is 0 Å². The molecule has 1 aromatic carbocycles. The molecular weight excluding hydrogens is 288 g/mol. The van der Waals surface area contributed by atoms with Crippen molar-refractivity contribution in [1.29, 1.82) is 0 Å². The van der Waals surface area contributed by atoms with Crippen LogP contribution in [0.1, 0.15) is 10.4 Å². The van der Waals surface area contributed by atoms with Crippen molar-refractivity contribution < 1.29 is 24.1 Å². The predicted molar refractivity (Wildman–Crippen MR) is 80.0 cm³/mol. The monoisotopic (exact) mass is 304 g/mol. The minimum Gasteiger partial charge on any atom is -0.504 e. The molecule has 116 valence electrons. The van der Waals surface area contributed by atoms with E-state index < -0.39 is 5.91 Å². The maximum Gasteiger partial charge on any atom is 0.257 e. The van der Waals surface area contributed by atoms with Crippen molar-refractivity contribution in [3.63, 3.8) is 0 Å². The molecule has 1 heterocycles. The zero-order valence-electron chi connectivity index (χ0n) is 12.4. The van der Waals surface area contributed by atoms with Crippen molar-refractivity contribution in [3.05, 3.63) is 36.0 Å². The Morgan fingerprint density at radius 2 is 1.77 bits per heavy atom. The molecule has 22 heavy (non-hydrogen) atoms. The molecule has 1 aromatic heterocycles. The summed E-state index contributed by atoms with van der Waals surface area (Å²) in [6.45, 7) is 0. The molecule has 0 fully saturated rings. The molecule has 0 radical (unpaired) electrons. The third-order valence-electron chi connectivity index (χ3n) is 2.95. The fraction of sp³-hybridized carbons (Fsp3) is 0.200. The first-order valence-electron chi connectivity index (χ1n) is 6.36. The van der Waals surface area contributed by atoms with E-state index in [1.807, 2.05) is 0 Å². The van der Waals surface area contributed by atoms with Crippen LogP contribution in [0.25, 0.3) is 0 Å². The van der Waals surface area contributed by atoms with Gasteiger partial charge in [-0.1, -0.05) is 0 Å².